The largest absolute Gasteiger partial charge is 0.497 e. The van der Waals surface area contributed by atoms with Gasteiger partial charge in [0.2, 0.25) is 0 Å². The minimum absolute atomic E-state index is 0.238. The molecule has 0 unspecified atom stereocenters. The van der Waals surface area contributed by atoms with Crippen molar-refractivity contribution in [3.05, 3.63) is 23.4 Å². The van der Waals surface area contributed by atoms with Gasteiger partial charge in [0.25, 0.3) is 0 Å². The number of carbonyl (C=O) groups excluding carboxylic acids is 1. The summed E-state index contributed by atoms with van der Waals surface area (Å²) in [6.45, 7) is 5.68. The summed E-state index contributed by atoms with van der Waals surface area (Å²) in [5, 5.41) is 0. The van der Waals surface area contributed by atoms with Crippen molar-refractivity contribution >= 4 is 21.9 Å². The Morgan fingerprint density at radius 2 is 2.25 bits per heavy atom. The van der Waals surface area contributed by atoms with Crippen molar-refractivity contribution in [3.8, 4) is 0 Å². The smallest absolute Gasteiger partial charge is 0.330 e. The zero-order valence-corrected chi connectivity index (χ0v) is 8.46. The molecule has 0 aliphatic heterocycles. The fraction of sp³-hybridized carbons (Fsp3) is 0.375. The third-order valence-electron chi connectivity index (χ3n) is 0.858. The van der Waals surface area contributed by atoms with Crippen molar-refractivity contribution in [2.75, 3.05) is 13.2 Å². The number of esters is 1. The van der Waals surface area contributed by atoms with Crippen LogP contribution in [0.1, 0.15) is 6.92 Å². The lowest BCUT2D eigenvalue weighted by atomic mass is 10.6. The summed E-state index contributed by atoms with van der Waals surface area (Å²) in [6, 6.07) is 0. The van der Waals surface area contributed by atoms with E-state index >= 15 is 0 Å². The third-order valence-corrected chi connectivity index (χ3v) is 1.04. The first-order valence-corrected chi connectivity index (χ1v) is 4.19. The lowest BCUT2D eigenvalue weighted by molar-refractivity contribution is -0.138. The molecule has 0 saturated carbocycles. The minimum atomic E-state index is -0.432. The van der Waals surface area contributed by atoms with Crippen molar-refractivity contribution in [1.29, 1.82) is 0 Å². The molecule has 0 aliphatic rings. The van der Waals surface area contributed by atoms with E-state index in [1.165, 1.54) is 0 Å². The zero-order valence-electron chi connectivity index (χ0n) is 6.88. The number of hydrogen-bond donors (Lipinski definition) is 0. The minimum Gasteiger partial charge on any atom is -0.497 e. The van der Waals surface area contributed by atoms with Crippen LogP contribution < -0.4 is 0 Å². The van der Waals surface area contributed by atoms with Crippen molar-refractivity contribution in [1.82, 2.24) is 0 Å². The number of halogens is 1. The molecule has 0 spiro atoms. The molecular weight excluding hydrogens is 224 g/mol. The zero-order chi connectivity index (χ0) is 9.40. The van der Waals surface area contributed by atoms with Crippen LogP contribution in [-0.4, -0.2) is 19.2 Å². The standard InChI is InChI=1S/C8H11BrO3/c1-3-8(10)12-5-4-11-6-7(2)9/h3,6H,1,4-5H2,2H3. The highest BCUT2D eigenvalue weighted by molar-refractivity contribution is 9.11. The third kappa shape index (κ3) is 7.34. The fourth-order valence-electron chi connectivity index (χ4n) is 0.423. The molecule has 0 aliphatic carbocycles. The van der Waals surface area contributed by atoms with E-state index in [-0.39, 0.29) is 6.61 Å². The van der Waals surface area contributed by atoms with Crippen LogP contribution in [0.2, 0.25) is 0 Å². The monoisotopic (exact) mass is 234 g/mol. The van der Waals surface area contributed by atoms with E-state index in [9.17, 15) is 4.79 Å². The van der Waals surface area contributed by atoms with E-state index in [1.54, 1.807) is 6.26 Å². The highest BCUT2D eigenvalue weighted by Crippen LogP contribution is 2.00. The first-order valence-electron chi connectivity index (χ1n) is 3.40. The van der Waals surface area contributed by atoms with Crippen LogP contribution in [0.3, 0.4) is 0 Å². The second kappa shape index (κ2) is 6.91. The summed E-state index contributed by atoms with van der Waals surface area (Å²) in [6.07, 6.45) is 2.66. The van der Waals surface area contributed by atoms with Gasteiger partial charge in [-0.25, -0.2) is 4.79 Å². The summed E-state index contributed by atoms with van der Waals surface area (Å²) in [5.41, 5.74) is 0. The number of ether oxygens (including phenoxy) is 2. The highest BCUT2D eigenvalue weighted by atomic mass is 79.9. The molecular formula is C8H11BrO3. The second-order valence-electron chi connectivity index (χ2n) is 1.95. The van der Waals surface area contributed by atoms with E-state index in [2.05, 4.69) is 27.2 Å². The van der Waals surface area contributed by atoms with E-state index in [0.29, 0.717) is 6.61 Å². The number of hydrogen-bond acceptors (Lipinski definition) is 3. The van der Waals surface area contributed by atoms with Crippen LogP contribution >= 0.6 is 15.9 Å². The molecule has 0 fully saturated rings. The molecule has 0 aromatic carbocycles. The maximum absolute atomic E-state index is 10.5. The van der Waals surface area contributed by atoms with Crippen LogP contribution in [0.15, 0.2) is 23.4 Å². The van der Waals surface area contributed by atoms with Crippen LogP contribution in [0, 0.1) is 0 Å². The van der Waals surface area contributed by atoms with Crippen LogP contribution in [0.25, 0.3) is 0 Å². The van der Waals surface area contributed by atoms with Crippen LogP contribution in [-0.2, 0) is 14.3 Å². The highest BCUT2D eigenvalue weighted by Gasteiger charge is 1.93. The molecule has 0 aromatic rings. The Bertz CT molecular complexity index is 183. The lowest BCUT2D eigenvalue weighted by Gasteiger charge is -2.01. The van der Waals surface area contributed by atoms with E-state index in [0.717, 1.165) is 10.6 Å². The average molecular weight is 235 g/mol. The molecule has 0 aromatic heterocycles. The van der Waals surface area contributed by atoms with Crippen LogP contribution in [0.4, 0.5) is 0 Å². The quantitative estimate of drug-likeness (QED) is 0.316. The van der Waals surface area contributed by atoms with Gasteiger partial charge >= 0.3 is 5.97 Å². The molecule has 0 heterocycles. The topological polar surface area (TPSA) is 35.5 Å². The predicted octanol–water partition coefficient (Wildman–Crippen LogP) is 1.99. The maximum Gasteiger partial charge on any atom is 0.330 e. The normalized spacial score (nSPS) is 10.7. The van der Waals surface area contributed by atoms with Gasteiger partial charge in [-0.15, -0.1) is 0 Å². The first-order chi connectivity index (χ1) is 5.66. The Balaban J connectivity index is 3.28. The van der Waals surface area contributed by atoms with Gasteiger partial charge in [0.05, 0.1) is 6.26 Å². The maximum atomic E-state index is 10.5. The number of carbonyl (C=O) groups is 1. The van der Waals surface area contributed by atoms with Crippen molar-refractivity contribution in [2.45, 2.75) is 6.92 Å². The molecule has 0 atom stereocenters. The van der Waals surface area contributed by atoms with Gasteiger partial charge in [-0.1, -0.05) is 22.5 Å². The van der Waals surface area contributed by atoms with Gasteiger partial charge in [0.15, 0.2) is 0 Å². The Hall–Kier alpha value is -0.770. The van der Waals surface area contributed by atoms with Gasteiger partial charge in [-0.05, 0) is 6.92 Å². The van der Waals surface area contributed by atoms with Gasteiger partial charge in [-0.3, -0.25) is 0 Å². The average Bonchev–Trinajstić information content (AvgIpc) is 2.03. The Kier molecular flexibility index (Phi) is 6.47. The number of allylic oxidation sites excluding steroid dienone is 1. The molecule has 4 heteroatoms. The van der Waals surface area contributed by atoms with Crippen LogP contribution in [0.5, 0.6) is 0 Å². The van der Waals surface area contributed by atoms with Gasteiger partial charge in [0, 0.05) is 10.6 Å². The van der Waals surface area contributed by atoms with E-state index in [4.69, 9.17) is 4.74 Å². The summed E-state index contributed by atoms with van der Waals surface area (Å²) < 4.78 is 10.5. The van der Waals surface area contributed by atoms with Crippen molar-refractivity contribution in [3.63, 3.8) is 0 Å². The molecule has 0 radical (unpaired) electrons. The van der Waals surface area contributed by atoms with Crippen molar-refractivity contribution in [2.24, 2.45) is 0 Å². The molecule has 12 heavy (non-hydrogen) atoms. The van der Waals surface area contributed by atoms with E-state index < -0.39 is 5.97 Å². The predicted molar refractivity (Wildman–Crippen MR) is 49.8 cm³/mol. The van der Waals surface area contributed by atoms with Gasteiger partial charge < -0.3 is 9.47 Å². The molecule has 0 amide bonds. The molecule has 0 saturated heterocycles. The van der Waals surface area contributed by atoms with Crippen molar-refractivity contribution < 1.29 is 14.3 Å². The molecule has 0 bridgehead atoms. The SMILES string of the molecule is C=CC(=O)OCCOC=C(C)Br. The lowest BCUT2D eigenvalue weighted by Crippen LogP contribution is -2.06. The molecule has 3 nitrogen and oxygen atoms in total. The Morgan fingerprint density at radius 1 is 1.58 bits per heavy atom. The first kappa shape index (κ1) is 11.2. The molecule has 68 valence electrons. The summed E-state index contributed by atoms with van der Waals surface area (Å²) in [5.74, 6) is -0.432. The fourth-order valence-corrected chi connectivity index (χ4v) is 0.555. The molecule has 0 rings (SSSR count). The second-order valence-corrected chi connectivity index (χ2v) is 3.20. The summed E-state index contributed by atoms with van der Waals surface area (Å²) >= 11 is 3.18. The summed E-state index contributed by atoms with van der Waals surface area (Å²) in [7, 11) is 0. The summed E-state index contributed by atoms with van der Waals surface area (Å²) in [4.78, 5) is 10.5. The van der Waals surface area contributed by atoms with Gasteiger partial charge in [-0.2, -0.15) is 0 Å². The van der Waals surface area contributed by atoms with Gasteiger partial charge in [0.1, 0.15) is 13.2 Å². The Labute approximate surface area is 80.2 Å². The molecule has 0 N–H and O–H groups in total. The van der Waals surface area contributed by atoms with E-state index in [1.807, 2.05) is 6.92 Å². The number of rotatable bonds is 5. The Morgan fingerprint density at radius 3 is 2.75 bits per heavy atom.